The van der Waals surface area contributed by atoms with Gasteiger partial charge in [0.1, 0.15) is 6.54 Å². The van der Waals surface area contributed by atoms with E-state index >= 15 is 0 Å². The average Bonchev–Trinajstić information content (AvgIpc) is 2.36. The summed E-state index contributed by atoms with van der Waals surface area (Å²) in [5.74, 6) is -0.194. The maximum Gasteiger partial charge on any atom is 0.265 e. The van der Waals surface area contributed by atoms with Crippen molar-refractivity contribution in [1.29, 1.82) is 0 Å². The molecule has 0 atom stereocenters. The third kappa shape index (κ3) is 8.16. The van der Waals surface area contributed by atoms with Crippen molar-refractivity contribution in [1.82, 2.24) is 0 Å². The fourth-order valence-electron chi connectivity index (χ4n) is 2.31. The largest absolute Gasteiger partial charge is 0.348 e. The van der Waals surface area contributed by atoms with Gasteiger partial charge >= 0.3 is 0 Å². The summed E-state index contributed by atoms with van der Waals surface area (Å²) < 4.78 is 42.4. The molecule has 0 amide bonds. The van der Waals surface area contributed by atoms with Crippen molar-refractivity contribution in [3.8, 4) is 0 Å². The lowest BCUT2D eigenvalue weighted by Gasteiger charge is -2.39. The molecule has 0 saturated carbocycles. The number of quaternary nitrogens is 1. The normalized spacial score (nSPS) is 13.1. The molecule has 0 aromatic rings. The zero-order valence-corrected chi connectivity index (χ0v) is 14.0. The SMILES string of the molecule is CCOC(C[N+](CC)(CC)CCCS(=O)(=O)O)OCC. The summed E-state index contributed by atoms with van der Waals surface area (Å²) in [6, 6.07) is 0. The Kier molecular flexibility index (Phi) is 9.58. The minimum Gasteiger partial charge on any atom is -0.348 e. The van der Waals surface area contributed by atoms with E-state index < -0.39 is 10.1 Å². The van der Waals surface area contributed by atoms with Crippen LogP contribution in [0, 0.1) is 0 Å². The number of nitrogens with zero attached hydrogens (tertiary/aromatic N) is 1. The molecule has 0 saturated heterocycles. The standard InChI is InChI=1S/C13H29NO5S/c1-5-14(6-2,10-9-11-20(15,16)17)12-13(18-7-3)19-8-4/h13H,5-12H2,1-4H3/p+1. The van der Waals surface area contributed by atoms with E-state index in [2.05, 4.69) is 13.8 Å². The van der Waals surface area contributed by atoms with Gasteiger partial charge in [0.15, 0.2) is 0 Å². The first-order valence-electron chi connectivity index (χ1n) is 7.35. The molecule has 0 unspecified atom stereocenters. The molecule has 0 spiro atoms. The highest BCUT2D eigenvalue weighted by atomic mass is 32.2. The molecule has 7 heteroatoms. The lowest BCUT2D eigenvalue weighted by atomic mass is 10.3. The first-order chi connectivity index (χ1) is 9.32. The zero-order valence-electron chi connectivity index (χ0n) is 13.2. The molecular formula is C13H30NO5S+. The van der Waals surface area contributed by atoms with Gasteiger partial charge < -0.3 is 14.0 Å². The maximum atomic E-state index is 10.8. The van der Waals surface area contributed by atoms with Crippen molar-refractivity contribution < 1.29 is 26.9 Å². The predicted molar refractivity (Wildman–Crippen MR) is 79.1 cm³/mol. The van der Waals surface area contributed by atoms with Gasteiger partial charge in [-0.15, -0.1) is 0 Å². The number of hydrogen-bond donors (Lipinski definition) is 1. The van der Waals surface area contributed by atoms with Crippen molar-refractivity contribution in [2.45, 2.75) is 40.4 Å². The lowest BCUT2D eigenvalue weighted by Crippen LogP contribution is -2.53. The summed E-state index contributed by atoms with van der Waals surface area (Å²) in [6.45, 7) is 12.3. The maximum absolute atomic E-state index is 10.8. The highest BCUT2D eigenvalue weighted by molar-refractivity contribution is 7.85. The van der Waals surface area contributed by atoms with Crippen LogP contribution in [0.25, 0.3) is 0 Å². The second-order valence-corrected chi connectivity index (χ2v) is 6.43. The van der Waals surface area contributed by atoms with Crippen molar-refractivity contribution in [2.24, 2.45) is 0 Å². The summed E-state index contributed by atoms with van der Waals surface area (Å²) in [5, 5.41) is 0. The van der Waals surface area contributed by atoms with Crippen molar-refractivity contribution in [2.75, 3.05) is 45.1 Å². The minimum atomic E-state index is -3.88. The van der Waals surface area contributed by atoms with E-state index in [1.54, 1.807) is 0 Å². The Morgan fingerprint density at radius 2 is 1.55 bits per heavy atom. The molecule has 0 fully saturated rings. The van der Waals surface area contributed by atoms with Crippen LogP contribution in [0.15, 0.2) is 0 Å². The Morgan fingerprint density at radius 1 is 1.05 bits per heavy atom. The van der Waals surface area contributed by atoms with Crippen LogP contribution in [0.5, 0.6) is 0 Å². The number of rotatable bonds is 12. The van der Waals surface area contributed by atoms with E-state index in [9.17, 15) is 8.42 Å². The van der Waals surface area contributed by atoms with E-state index in [1.165, 1.54) is 0 Å². The second-order valence-electron chi connectivity index (χ2n) is 4.86. The molecular weight excluding hydrogens is 282 g/mol. The average molecular weight is 312 g/mol. The lowest BCUT2D eigenvalue weighted by molar-refractivity contribution is -0.930. The van der Waals surface area contributed by atoms with Crippen molar-refractivity contribution >= 4 is 10.1 Å². The van der Waals surface area contributed by atoms with Gasteiger partial charge in [0.2, 0.25) is 6.29 Å². The van der Waals surface area contributed by atoms with Gasteiger partial charge in [-0.2, -0.15) is 8.42 Å². The molecule has 20 heavy (non-hydrogen) atoms. The van der Waals surface area contributed by atoms with Crippen LogP contribution < -0.4 is 0 Å². The molecule has 0 bridgehead atoms. The summed E-state index contributed by atoms with van der Waals surface area (Å²) in [7, 11) is -3.88. The molecule has 0 aliphatic carbocycles. The van der Waals surface area contributed by atoms with Gasteiger partial charge in [0, 0.05) is 19.6 Å². The number of likely N-dealkylation sites (N-methyl/N-ethyl adjacent to an activating group) is 1. The number of hydrogen-bond acceptors (Lipinski definition) is 4. The Balaban J connectivity index is 4.63. The van der Waals surface area contributed by atoms with Gasteiger partial charge in [-0.3, -0.25) is 4.55 Å². The Hall–Kier alpha value is -0.210. The van der Waals surface area contributed by atoms with Gasteiger partial charge in [-0.1, -0.05) is 0 Å². The topological polar surface area (TPSA) is 72.8 Å². The Morgan fingerprint density at radius 3 is 1.90 bits per heavy atom. The molecule has 0 aromatic carbocycles. The summed E-state index contributed by atoms with van der Waals surface area (Å²) in [4.78, 5) is 0. The second kappa shape index (κ2) is 9.68. The smallest absolute Gasteiger partial charge is 0.265 e. The number of ether oxygens (including phenoxy) is 2. The minimum absolute atomic E-state index is 0.194. The Bertz CT molecular complexity index is 335. The monoisotopic (exact) mass is 312 g/mol. The van der Waals surface area contributed by atoms with Crippen LogP contribution in [0.2, 0.25) is 0 Å². The molecule has 122 valence electrons. The molecule has 0 heterocycles. The van der Waals surface area contributed by atoms with Crippen LogP contribution in [0.4, 0.5) is 0 Å². The molecule has 0 aromatic heterocycles. The van der Waals surface area contributed by atoms with Crippen LogP contribution in [0.3, 0.4) is 0 Å². The van der Waals surface area contributed by atoms with E-state index in [0.29, 0.717) is 32.7 Å². The van der Waals surface area contributed by atoms with Crippen LogP contribution in [-0.4, -0.2) is 68.9 Å². The van der Waals surface area contributed by atoms with Gasteiger partial charge in [0.05, 0.1) is 25.4 Å². The predicted octanol–water partition coefficient (Wildman–Crippen LogP) is 1.52. The van der Waals surface area contributed by atoms with Crippen LogP contribution in [0.1, 0.15) is 34.1 Å². The van der Waals surface area contributed by atoms with Crippen LogP contribution >= 0.6 is 0 Å². The zero-order chi connectivity index (χ0) is 15.6. The third-order valence-corrected chi connectivity index (χ3v) is 4.42. The van der Waals surface area contributed by atoms with Gasteiger partial charge in [-0.05, 0) is 27.7 Å². The van der Waals surface area contributed by atoms with Crippen LogP contribution in [-0.2, 0) is 19.6 Å². The molecule has 0 radical (unpaired) electrons. The summed E-state index contributed by atoms with van der Waals surface area (Å²) >= 11 is 0. The fourth-order valence-corrected chi connectivity index (χ4v) is 2.81. The molecule has 0 rings (SSSR count). The quantitative estimate of drug-likeness (QED) is 0.336. The Labute approximate surface area is 123 Å². The third-order valence-electron chi connectivity index (χ3n) is 3.62. The van der Waals surface area contributed by atoms with Crippen molar-refractivity contribution in [3.05, 3.63) is 0 Å². The first kappa shape index (κ1) is 19.8. The van der Waals surface area contributed by atoms with E-state index in [-0.39, 0.29) is 12.0 Å². The molecule has 0 aliphatic heterocycles. The first-order valence-corrected chi connectivity index (χ1v) is 8.96. The van der Waals surface area contributed by atoms with Gasteiger partial charge in [-0.25, -0.2) is 0 Å². The van der Waals surface area contributed by atoms with E-state index in [1.807, 2.05) is 13.8 Å². The molecule has 1 N–H and O–H groups in total. The summed E-state index contributed by atoms with van der Waals surface area (Å²) in [6.07, 6.45) is 0.168. The van der Waals surface area contributed by atoms with Gasteiger partial charge in [0.25, 0.3) is 10.1 Å². The molecule has 6 nitrogen and oxygen atoms in total. The van der Waals surface area contributed by atoms with E-state index in [0.717, 1.165) is 17.6 Å². The fraction of sp³-hybridized carbons (Fsp3) is 1.00. The highest BCUT2D eigenvalue weighted by Gasteiger charge is 2.28. The highest BCUT2D eigenvalue weighted by Crippen LogP contribution is 2.13. The van der Waals surface area contributed by atoms with Crippen molar-refractivity contribution in [3.63, 3.8) is 0 Å². The molecule has 0 aliphatic rings. The van der Waals surface area contributed by atoms with E-state index in [4.69, 9.17) is 14.0 Å². The summed E-state index contributed by atoms with van der Waals surface area (Å²) in [5.41, 5.74) is 0.